The molecule has 232 valence electrons. The molecule has 0 aromatic heterocycles. The lowest BCUT2D eigenvalue weighted by Gasteiger charge is -2.49. The van der Waals surface area contributed by atoms with Crippen LogP contribution >= 0.6 is 0 Å². The van der Waals surface area contributed by atoms with Crippen LogP contribution in [0.3, 0.4) is 0 Å². The Hall–Kier alpha value is -5.79. The molecule has 0 amide bonds. The van der Waals surface area contributed by atoms with Gasteiger partial charge in [0.05, 0.1) is 17.4 Å². The van der Waals surface area contributed by atoms with Crippen LogP contribution in [0.2, 0.25) is 0 Å². The lowest BCUT2D eigenvalue weighted by atomic mass is 9.52. The third-order valence-electron chi connectivity index (χ3n) is 11.6. The summed E-state index contributed by atoms with van der Waals surface area (Å²) in [6, 6.07) is 48.7. The highest BCUT2D eigenvalue weighted by atomic mass is 14.7. The van der Waals surface area contributed by atoms with Gasteiger partial charge in [-0.1, -0.05) is 164 Å². The van der Waals surface area contributed by atoms with Crippen molar-refractivity contribution >= 4 is 6.72 Å². The molecule has 0 bridgehead atoms. The van der Waals surface area contributed by atoms with Gasteiger partial charge in [-0.15, -0.1) is 0 Å². The first kappa shape index (κ1) is 28.2. The average molecular weight is 626 g/mol. The Labute approximate surface area is 288 Å². The first-order valence-corrected chi connectivity index (χ1v) is 17.3. The fourth-order valence-electron chi connectivity index (χ4n) is 9.91. The van der Waals surface area contributed by atoms with Crippen molar-refractivity contribution in [1.82, 2.24) is 0 Å². The van der Waals surface area contributed by atoms with Gasteiger partial charge in [-0.3, -0.25) is 4.99 Å². The van der Waals surface area contributed by atoms with Crippen LogP contribution in [0.5, 0.6) is 0 Å². The maximum Gasteiger partial charge on any atom is 0.0720 e. The number of hydrogen-bond donors (Lipinski definition) is 0. The molecule has 0 heterocycles. The van der Waals surface area contributed by atoms with Gasteiger partial charge in [-0.05, 0) is 103 Å². The number of benzene rings is 6. The van der Waals surface area contributed by atoms with Crippen LogP contribution in [-0.4, -0.2) is 6.72 Å². The predicted octanol–water partition coefficient (Wildman–Crippen LogP) is 10.7. The maximum absolute atomic E-state index is 4.50. The molecule has 2 spiro atoms. The second kappa shape index (κ2) is 10.4. The summed E-state index contributed by atoms with van der Waals surface area (Å²) in [4.78, 5) is 4.35. The molecule has 10 rings (SSSR count). The van der Waals surface area contributed by atoms with E-state index in [9.17, 15) is 0 Å². The summed E-state index contributed by atoms with van der Waals surface area (Å²) in [6.45, 7) is 8.96. The Morgan fingerprint density at radius 1 is 0.551 bits per heavy atom. The van der Waals surface area contributed by atoms with E-state index in [4.69, 9.17) is 0 Å². The predicted molar refractivity (Wildman–Crippen MR) is 203 cm³/mol. The van der Waals surface area contributed by atoms with Crippen molar-refractivity contribution in [2.75, 3.05) is 0 Å². The zero-order valence-electron chi connectivity index (χ0n) is 27.4. The van der Waals surface area contributed by atoms with Crippen LogP contribution in [0.4, 0.5) is 0 Å². The first-order valence-electron chi connectivity index (χ1n) is 17.3. The second-order valence-electron chi connectivity index (χ2n) is 13.9. The minimum absolute atomic E-state index is 0.444. The van der Waals surface area contributed by atoms with Gasteiger partial charge in [0.2, 0.25) is 0 Å². The van der Waals surface area contributed by atoms with E-state index < -0.39 is 10.8 Å². The minimum Gasteiger partial charge on any atom is -0.296 e. The van der Waals surface area contributed by atoms with Crippen LogP contribution in [-0.2, 0) is 30.2 Å². The topological polar surface area (TPSA) is 12.4 Å². The molecule has 4 aliphatic carbocycles. The fraction of sp³-hybridized carbons (Fsp3) is 0.104. The second-order valence-corrected chi connectivity index (χ2v) is 13.9. The summed E-state index contributed by atoms with van der Waals surface area (Å²) >= 11 is 0. The monoisotopic (exact) mass is 625 g/mol. The summed E-state index contributed by atoms with van der Waals surface area (Å²) in [5.41, 5.74) is 20.3. The number of allylic oxidation sites excluding steroid dienone is 5. The molecule has 0 radical (unpaired) electrons. The van der Waals surface area contributed by atoms with Crippen molar-refractivity contribution in [2.45, 2.75) is 30.2 Å². The van der Waals surface area contributed by atoms with Crippen molar-refractivity contribution in [2.24, 2.45) is 4.99 Å². The lowest BCUT2D eigenvalue weighted by molar-refractivity contribution is 0.632. The highest BCUT2D eigenvalue weighted by molar-refractivity contribution is 5.94. The zero-order chi connectivity index (χ0) is 32.7. The molecule has 1 nitrogen and oxygen atoms in total. The smallest absolute Gasteiger partial charge is 0.0720 e. The Morgan fingerprint density at radius 3 is 1.73 bits per heavy atom. The molecule has 0 atom stereocenters. The maximum atomic E-state index is 4.50. The van der Waals surface area contributed by atoms with Gasteiger partial charge < -0.3 is 0 Å². The quantitative estimate of drug-likeness (QED) is 0.170. The van der Waals surface area contributed by atoms with E-state index in [1.807, 2.05) is 0 Å². The zero-order valence-corrected chi connectivity index (χ0v) is 27.4. The first-order chi connectivity index (χ1) is 24.2. The SMILES string of the molecule is C=NCc1ccc2c(c1)C1(c3ccccc3C3(c4ccccc4-c4ccccc43)c3ccccc31)c1ccc3c(c1-2)CC(=C)/C=C\C=C/C3. The van der Waals surface area contributed by atoms with Gasteiger partial charge >= 0.3 is 0 Å². The molecule has 4 aliphatic rings. The van der Waals surface area contributed by atoms with Crippen molar-refractivity contribution in [3.63, 3.8) is 0 Å². The van der Waals surface area contributed by atoms with Crippen LogP contribution in [0, 0.1) is 0 Å². The highest BCUT2D eigenvalue weighted by Gasteiger charge is 2.59. The van der Waals surface area contributed by atoms with Gasteiger partial charge in [0, 0.05) is 0 Å². The van der Waals surface area contributed by atoms with Crippen molar-refractivity contribution in [1.29, 1.82) is 0 Å². The van der Waals surface area contributed by atoms with Crippen LogP contribution in [0.15, 0.2) is 169 Å². The van der Waals surface area contributed by atoms with Gasteiger partial charge in [-0.2, -0.15) is 0 Å². The van der Waals surface area contributed by atoms with E-state index in [0.717, 1.165) is 18.4 Å². The van der Waals surface area contributed by atoms with Crippen LogP contribution in [0.25, 0.3) is 22.3 Å². The standard InChI is InChI=1S/C48H35N/c1-31-14-4-3-5-15-33-25-27-44-46(37(33)28-31)36-26-24-32(30-49-2)29-45(36)48(44)42-22-12-10-20-40(42)47(41-21-11-13-23-43(41)48)38-18-8-6-16-34(38)35-17-7-9-19-39(35)47/h3-14,16-27,29H,1-2,15,28,30H2/b5-3-,14-4-. The summed E-state index contributed by atoms with van der Waals surface area (Å²) in [6.07, 6.45) is 10.4. The fourth-order valence-corrected chi connectivity index (χ4v) is 9.91. The molecule has 49 heavy (non-hydrogen) atoms. The third-order valence-corrected chi connectivity index (χ3v) is 11.6. The molecular formula is C48H35N. The number of hydrogen-bond acceptors (Lipinski definition) is 1. The Balaban J connectivity index is 1.39. The molecule has 6 aromatic rings. The summed E-state index contributed by atoms with van der Waals surface area (Å²) < 4.78 is 0. The van der Waals surface area contributed by atoms with Crippen LogP contribution < -0.4 is 0 Å². The number of aliphatic imine (C=N–C) groups is 1. The molecule has 0 unspecified atom stereocenters. The van der Waals surface area contributed by atoms with E-state index in [1.165, 1.54) is 83.5 Å². The van der Waals surface area contributed by atoms with E-state index in [-0.39, 0.29) is 0 Å². The van der Waals surface area contributed by atoms with Gasteiger partial charge in [-0.25, -0.2) is 0 Å². The van der Waals surface area contributed by atoms with Crippen molar-refractivity contribution < 1.29 is 0 Å². The Bertz CT molecular complexity index is 2370. The molecule has 0 saturated heterocycles. The van der Waals surface area contributed by atoms with Gasteiger partial charge in [0.15, 0.2) is 0 Å². The number of nitrogens with zero attached hydrogens (tertiary/aromatic N) is 1. The number of fused-ring (bicyclic) bond motifs is 18. The van der Waals surface area contributed by atoms with Gasteiger partial charge in [0.25, 0.3) is 0 Å². The Morgan fingerprint density at radius 2 is 1.12 bits per heavy atom. The van der Waals surface area contributed by atoms with Gasteiger partial charge in [0.1, 0.15) is 0 Å². The molecule has 0 fully saturated rings. The van der Waals surface area contributed by atoms with Crippen molar-refractivity contribution in [3.05, 3.63) is 225 Å². The summed E-state index contributed by atoms with van der Waals surface area (Å²) in [5.74, 6) is 0. The Kier molecular flexibility index (Phi) is 5.97. The van der Waals surface area contributed by atoms with E-state index in [2.05, 4.69) is 170 Å². The van der Waals surface area contributed by atoms with Crippen LogP contribution in [0.1, 0.15) is 61.2 Å². The molecule has 0 aliphatic heterocycles. The minimum atomic E-state index is -0.521. The highest BCUT2D eigenvalue weighted by Crippen LogP contribution is 2.67. The molecule has 6 aromatic carbocycles. The third kappa shape index (κ3) is 3.52. The normalized spacial score (nSPS) is 17.7. The van der Waals surface area contributed by atoms with Crippen molar-refractivity contribution in [3.8, 4) is 22.3 Å². The summed E-state index contributed by atoms with van der Waals surface area (Å²) in [7, 11) is 0. The lowest BCUT2D eigenvalue weighted by Crippen LogP contribution is -2.43. The van der Waals surface area contributed by atoms with E-state index in [0.29, 0.717) is 6.54 Å². The largest absolute Gasteiger partial charge is 0.296 e. The summed E-state index contributed by atoms with van der Waals surface area (Å²) in [5, 5.41) is 0. The number of rotatable bonds is 2. The molecular weight excluding hydrogens is 591 g/mol. The molecule has 1 heteroatoms. The molecule has 0 saturated carbocycles. The van der Waals surface area contributed by atoms with E-state index >= 15 is 0 Å². The molecule has 0 N–H and O–H groups in total. The van der Waals surface area contributed by atoms with E-state index in [1.54, 1.807) is 0 Å². The average Bonchev–Trinajstić information content (AvgIpc) is 3.63.